The largest absolute Gasteiger partial charge is 0.459 e. The molecule has 2 heteroatoms. The summed E-state index contributed by atoms with van der Waals surface area (Å²) >= 11 is 0. The lowest BCUT2D eigenvalue weighted by Crippen LogP contribution is -2.02. The second-order valence-electron chi connectivity index (χ2n) is 4.85. The van der Waals surface area contributed by atoms with Crippen molar-refractivity contribution in [2.45, 2.75) is 25.7 Å². The van der Waals surface area contributed by atoms with Crippen LogP contribution in [0.5, 0.6) is 11.5 Å². The first-order valence-electron chi connectivity index (χ1n) is 6.62. The molecule has 0 bridgehead atoms. The van der Waals surface area contributed by atoms with Gasteiger partial charge in [-0.15, -0.1) is 0 Å². The van der Waals surface area contributed by atoms with Crippen molar-refractivity contribution in [1.29, 1.82) is 0 Å². The van der Waals surface area contributed by atoms with Crippen LogP contribution in [0.2, 0.25) is 0 Å². The molecule has 0 N–H and O–H groups in total. The predicted molar refractivity (Wildman–Crippen MR) is 75.9 cm³/mol. The third-order valence-corrected chi connectivity index (χ3v) is 3.50. The second kappa shape index (κ2) is 5.16. The van der Waals surface area contributed by atoms with E-state index in [1.165, 1.54) is 30.4 Å². The molecule has 3 rings (SSSR count). The van der Waals surface area contributed by atoms with Crippen molar-refractivity contribution >= 4 is 5.69 Å². The maximum absolute atomic E-state index is 7.01. The Morgan fingerprint density at radius 2 is 1.68 bits per heavy atom. The molecule has 2 nitrogen and oxygen atoms in total. The van der Waals surface area contributed by atoms with E-state index in [9.17, 15) is 0 Å². The molecule has 0 saturated heterocycles. The van der Waals surface area contributed by atoms with Gasteiger partial charge in [-0.2, -0.15) is 0 Å². The van der Waals surface area contributed by atoms with Crippen LogP contribution in [-0.2, 0) is 12.8 Å². The molecule has 0 atom stereocenters. The van der Waals surface area contributed by atoms with E-state index in [2.05, 4.69) is 17.0 Å². The van der Waals surface area contributed by atoms with Crippen molar-refractivity contribution in [2.75, 3.05) is 0 Å². The normalized spacial score (nSPS) is 13.4. The molecule has 19 heavy (non-hydrogen) atoms. The molecule has 0 saturated carbocycles. The Labute approximate surface area is 113 Å². The molecule has 2 aromatic rings. The van der Waals surface area contributed by atoms with Gasteiger partial charge in [0.1, 0.15) is 11.5 Å². The fraction of sp³-hybridized carbons (Fsp3) is 0.235. The van der Waals surface area contributed by atoms with Crippen LogP contribution < -0.4 is 4.74 Å². The zero-order chi connectivity index (χ0) is 13.1. The molecular formula is C17H15NO. The summed E-state index contributed by atoms with van der Waals surface area (Å²) in [6.07, 6.45) is 4.89. The van der Waals surface area contributed by atoms with Gasteiger partial charge in [0.05, 0.1) is 6.57 Å². The first-order valence-corrected chi connectivity index (χ1v) is 6.62. The van der Waals surface area contributed by atoms with Crippen LogP contribution in [-0.4, -0.2) is 0 Å². The maximum Gasteiger partial charge on any atom is 0.190 e. The lowest BCUT2D eigenvalue weighted by Gasteiger charge is -2.16. The Bertz CT molecular complexity index is 640. The molecule has 0 aliphatic heterocycles. The van der Waals surface area contributed by atoms with Crippen molar-refractivity contribution in [2.24, 2.45) is 0 Å². The molecule has 0 amide bonds. The molecule has 0 unspecified atom stereocenters. The summed E-state index contributed by atoms with van der Waals surface area (Å²) in [6.45, 7) is 7.01. The predicted octanol–water partition coefficient (Wildman–Crippen LogP) is 4.91. The summed E-state index contributed by atoms with van der Waals surface area (Å²) < 4.78 is 5.84. The topological polar surface area (TPSA) is 13.6 Å². The van der Waals surface area contributed by atoms with Gasteiger partial charge in [-0.25, -0.2) is 4.85 Å². The molecule has 0 heterocycles. The molecule has 2 aromatic carbocycles. The van der Waals surface area contributed by atoms with Crippen LogP contribution in [0.4, 0.5) is 5.69 Å². The lowest BCUT2D eigenvalue weighted by atomic mass is 9.92. The van der Waals surface area contributed by atoms with E-state index in [-0.39, 0.29) is 0 Å². The van der Waals surface area contributed by atoms with Crippen molar-refractivity contribution in [3.05, 3.63) is 65.0 Å². The fourth-order valence-corrected chi connectivity index (χ4v) is 2.53. The molecule has 0 aromatic heterocycles. The number of nitrogens with zero attached hydrogens (tertiary/aromatic N) is 1. The van der Waals surface area contributed by atoms with Crippen molar-refractivity contribution in [3.8, 4) is 11.5 Å². The van der Waals surface area contributed by atoms with E-state index < -0.39 is 0 Å². The SMILES string of the molecule is [C-]#[N+]c1cccc(Oc2ccc3c(c2)CCCC3)c1. The molecule has 0 fully saturated rings. The van der Waals surface area contributed by atoms with Crippen molar-refractivity contribution < 1.29 is 4.74 Å². The van der Waals surface area contributed by atoms with Crippen molar-refractivity contribution in [1.82, 2.24) is 0 Å². The third kappa shape index (κ3) is 2.61. The van der Waals surface area contributed by atoms with Gasteiger partial charge in [0.2, 0.25) is 0 Å². The number of aryl methyl sites for hydroxylation is 2. The third-order valence-electron chi connectivity index (χ3n) is 3.50. The van der Waals surface area contributed by atoms with Gasteiger partial charge in [0.25, 0.3) is 0 Å². The summed E-state index contributed by atoms with van der Waals surface area (Å²) in [7, 11) is 0. The second-order valence-corrected chi connectivity index (χ2v) is 4.85. The van der Waals surface area contributed by atoms with Gasteiger partial charge < -0.3 is 4.74 Å². The number of hydrogen-bond acceptors (Lipinski definition) is 1. The Kier molecular flexibility index (Phi) is 3.20. The van der Waals surface area contributed by atoms with E-state index in [1.54, 1.807) is 12.1 Å². The number of ether oxygens (including phenoxy) is 1. The molecule has 1 aliphatic rings. The van der Waals surface area contributed by atoms with Crippen LogP contribution in [0.3, 0.4) is 0 Å². The minimum absolute atomic E-state index is 0.607. The van der Waals surface area contributed by atoms with Gasteiger partial charge in [0, 0.05) is 0 Å². The zero-order valence-electron chi connectivity index (χ0n) is 10.7. The Morgan fingerprint density at radius 1 is 0.895 bits per heavy atom. The summed E-state index contributed by atoms with van der Waals surface area (Å²) in [5.74, 6) is 1.59. The highest BCUT2D eigenvalue weighted by Crippen LogP contribution is 2.29. The average molecular weight is 249 g/mol. The summed E-state index contributed by atoms with van der Waals surface area (Å²) in [5.41, 5.74) is 3.47. The van der Waals surface area contributed by atoms with E-state index in [1.807, 2.05) is 18.2 Å². The fourth-order valence-electron chi connectivity index (χ4n) is 2.53. The van der Waals surface area contributed by atoms with Crippen LogP contribution in [0, 0.1) is 6.57 Å². The monoisotopic (exact) mass is 249 g/mol. The highest BCUT2D eigenvalue weighted by atomic mass is 16.5. The van der Waals surface area contributed by atoms with Crippen molar-refractivity contribution in [3.63, 3.8) is 0 Å². The first-order chi connectivity index (χ1) is 9.35. The molecule has 94 valence electrons. The first kappa shape index (κ1) is 11.8. The Morgan fingerprint density at radius 3 is 2.53 bits per heavy atom. The summed E-state index contributed by atoms with van der Waals surface area (Å²) in [5, 5.41) is 0. The Balaban J connectivity index is 1.85. The summed E-state index contributed by atoms with van der Waals surface area (Å²) in [6, 6.07) is 13.6. The minimum Gasteiger partial charge on any atom is -0.459 e. The highest BCUT2D eigenvalue weighted by Gasteiger charge is 2.10. The molecule has 0 radical (unpaired) electrons. The standard InChI is InChI=1S/C17H15NO/c1-18-15-7-4-8-16(12-15)19-17-10-9-13-5-2-3-6-14(13)11-17/h4,7-12H,2-3,5-6H2. The molecular weight excluding hydrogens is 234 g/mol. The average Bonchev–Trinajstić information content (AvgIpc) is 2.47. The minimum atomic E-state index is 0.607. The number of benzene rings is 2. The Hall–Kier alpha value is -2.27. The quantitative estimate of drug-likeness (QED) is 0.689. The highest BCUT2D eigenvalue weighted by molar-refractivity contribution is 5.50. The molecule has 0 spiro atoms. The van der Waals surface area contributed by atoms with E-state index in [0.29, 0.717) is 5.69 Å². The van der Waals surface area contributed by atoms with Gasteiger partial charge in [-0.1, -0.05) is 18.2 Å². The van der Waals surface area contributed by atoms with Gasteiger partial charge in [-0.3, -0.25) is 0 Å². The smallest absolute Gasteiger partial charge is 0.190 e. The van der Waals surface area contributed by atoms with Gasteiger partial charge in [-0.05, 0) is 61.1 Å². The van der Waals surface area contributed by atoms with E-state index in [4.69, 9.17) is 11.3 Å². The zero-order valence-corrected chi connectivity index (χ0v) is 10.7. The van der Waals surface area contributed by atoms with E-state index >= 15 is 0 Å². The van der Waals surface area contributed by atoms with Crippen LogP contribution >= 0.6 is 0 Å². The van der Waals surface area contributed by atoms with Gasteiger partial charge >= 0.3 is 0 Å². The number of hydrogen-bond donors (Lipinski definition) is 0. The van der Waals surface area contributed by atoms with Crippen LogP contribution in [0.1, 0.15) is 24.0 Å². The molecule has 1 aliphatic carbocycles. The number of fused-ring (bicyclic) bond motifs is 1. The number of rotatable bonds is 2. The van der Waals surface area contributed by atoms with Crippen LogP contribution in [0.25, 0.3) is 4.85 Å². The van der Waals surface area contributed by atoms with E-state index in [0.717, 1.165) is 17.9 Å². The maximum atomic E-state index is 7.01. The lowest BCUT2D eigenvalue weighted by molar-refractivity contribution is 0.481. The summed E-state index contributed by atoms with van der Waals surface area (Å²) in [4.78, 5) is 3.41. The van der Waals surface area contributed by atoms with Gasteiger partial charge in [0.15, 0.2) is 5.69 Å². The van der Waals surface area contributed by atoms with Crippen LogP contribution in [0.15, 0.2) is 42.5 Å².